The van der Waals surface area contributed by atoms with Gasteiger partial charge in [-0.25, -0.2) is 0 Å². The van der Waals surface area contributed by atoms with Crippen molar-refractivity contribution in [3.8, 4) is 0 Å². The number of carbonyl (C=O) groups excluding carboxylic acids is 1. The predicted octanol–water partition coefficient (Wildman–Crippen LogP) is 3.07. The van der Waals surface area contributed by atoms with Crippen LogP contribution in [0.25, 0.3) is 0 Å². The highest BCUT2D eigenvalue weighted by Gasteiger charge is 2.16. The fourth-order valence-electron chi connectivity index (χ4n) is 2.12. The molecule has 94 valence electrons. The number of methoxy groups -OCH3 is 1. The van der Waals surface area contributed by atoms with Crippen LogP contribution in [0.1, 0.15) is 57.8 Å². The molecule has 0 spiro atoms. The average molecular weight is 228 g/mol. The molecule has 0 heterocycles. The summed E-state index contributed by atoms with van der Waals surface area (Å²) in [6.45, 7) is 0.789. The third-order valence-corrected chi connectivity index (χ3v) is 3.08. The van der Waals surface area contributed by atoms with E-state index >= 15 is 0 Å². The zero-order valence-corrected chi connectivity index (χ0v) is 10.4. The molecule has 3 nitrogen and oxygen atoms in total. The van der Waals surface area contributed by atoms with Gasteiger partial charge in [-0.05, 0) is 38.5 Å². The SMILES string of the molecule is COCCCCCC(=O)OC1CCCCC1. The molecule has 3 heteroatoms. The van der Waals surface area contributed by atoms with Crippen molar-refractivity contribution in [2.45, 2.75) is 63.9 Å². The Morgan fingerprint density at radius 1 is 1.12 bits per heavy atom. The van der Waals surface area contributed by atoms with Crippen LogP contribution in [0.5, 0.6) is 0 Å². The van der Waals surface area contributed by atoms with Crippen LogP contribution in [0, 0.1) is 0 Å². The lowest BCUT2D eigenvalue weighted by molar-refractivity contribution is -0.150. The Hall–Kier alpha value is -0.570. The third kappa shape index (κ3) is 6.11. The predicted molar refractivity (Wildman–Crippen MR) is 63.3 cm³/mol. The first-order valence-electron chi connectivity index (χ1n) is 6.51. The third-order valence-electron chi connectivity index (χ3n) is 3.08. The van der Waals surface area contributed by atoms with E-state index in [1.807, 2.05) is 0 Å². The van der Waals surface area contributed by atoms with Gasteiger partial charge in [-0.2, -0.15) is 0 Å². The standard InChI is InChI=1S/C13H24O3/c1-15-11-7-3-6-10-13(14)16-12-8-4-2-5-9-12/h12H,2-11H2,1H3. The lowest BCUT2D eigenvalue weighted by Gasteiger charge is -2.21. The monoisotopic (exact) mass is 228 g/mol. The summed E-state index contributed by atoms with van der Waals surface area (Å²) in [5.41, 5.74) is 0. The molecule has 0 atom stereocenters. The zero-order chi connectivity index (χ0) is 11.6. The summed E-state index contributed by atoms with van der Waals surface area (Å²) in [6.07, 6.45) is 9.64. The Kier molecular flexibility index (Phi) is 7.23. The first kappa shape index (κ1) is 13.5. The van der Waals surface area contributed by atoms with E-state index in [0.29, 0.717) is 6.42 Å². The second-order valence-corrected chi connectivity index (χ2v) is 4.55. The molecule has 0 aromatic carbocycles. The number of hydrogen-bond acceptors (Lipinski definition) is 3. The van der Waals surface area contributed by atoms with E-state index in [4.69, 9.17) is 9.47 Å². The van der Waals surface area contributed by atoms with Crippen LogP contribution in [0.15, 0.2) is 0 Å². The van der Waals surface area contributed by atoms with Crippen molar-refractivity contribution in [1.29, 1.82) is 0 Å². The Morgan fingerprint density at radius 3 is 2.56 bits per heavy atom. The summed E-state index contributed by atoms with van der Waals surface area (Å²) in [5.74, 6) is -0.00989. The van der Waals surface area contributed by atoms with Crippen LogP contribution >= 0.6 is 0 Å². The summed E-state index contributed by atoms with van der Waals surface area (Å²) in [7, 11) is 1.71. The van der Waals surface area contributed by atoms with E-state index in [1.165, 1.54) is 19.3 Å². The van der Waals surface area contributed by atoms with Gasteiger partial charge in [-0.15, -0.1) is 0 Å². The topological polar surface area (TPSA) is 35.5 Å². The van der Waals surface area contributed by atoms with Gasteiger partial charge in [-0.3, -0.25) is 4.79 Å². The lowest BCUT2D eigenvalue weighted by atomic mass is 9.98. The highest BCUT2D eigenvalue weighted by molar-refractivity contribution is 5.69. The summed E-state index contributed by atoms with van der Waals surface area (Å²) in [6, 6.07) is 0. The van der Waals surface area contributed by atoms with Crippen molar-refractivity contribution < 1.29 is 14.3 Å². The minimum atomic E-state index is -0.00989. The second-order valence-electron chi connectivity index (χ2n) is 4.55. The van der Waals surface area contributed by atoms with Crippen molar-refractivity contribution in [1.82, 2.24) is 0 Å². The molecular formula is C13H24O3. The van der Waals surface area contributed by atoms with Gasteiger partial charge in [0.1, 0.15) is 6.10 Å². The summed E-state index contributed by atoms with van der Waals surface area (Å²) in [5, 5.41) is 0. The fraction of sp³-hybridized carbons (Fsp3) is 0.923. The number of esters is 1. The van der Waals surface area contributed by atoms with Gasteiger partial charge in [0.15, 0.2) is 0 Å². The molecule has 0 aromatic heterocycles. The molecule has 0 aliphatic heterocycles. The van der Waals surface area contributed by atoms with E-state index < -0.39 is 0 Å². The molecule has 0 radical (unpaired) electrons. The average Bonchev–Trinajstić information content (AvgIpc) is 2.30. The van der Waals surface area contributed by atoms with Crippen LogP contribution in [0.4, 0.5) is 0 Å². The number of hydrogen-bond donors (Lipinski definition) is 0. The van der Waals surface area contributed by atoms with E-state index in [-0.39, 0.29) is 12.1 Å². The van der Waals surface area contributed by atoms with Gasteiger partial charge < -0.3 is 9.47 Å². The minimum absolute atomic E-state index is 0.00989. The number of ether oxygens (including phenoxy) is 2. The van der Waals surface area contributed by atoms with Crippen molar-refractivity contribution in [2.75, 3.05) is 13.7 Å². The van der Waals surface area contributed by atoms with E-state index in [9.17, 15) is 4.79 Å². The zero-order valence-electron chi connectivity index (χ0n) is 10.4. The highest BCUT2D eigenvalue weighted by atomic mass is 16.5. The number of carbonyl (C=O) groups is 1. The molecule has 0 N–H and O–H groups in total. The molecule has 1 aliphatic rings. The van der Waals surface area contributed by atoms with Gasteiger partial charge in [0.25, 0.3) is 0 Å². The van der Waals surface area contributed by atoms with Gasteiger partial charge in [-0.1, -0.05) is 12.8 Å². The molecular weight excluding hydrogens is 204 g/mol. The normalized spacial score (nSPS) is 17.3. The maximum absolute atomic E-state index is 11.5. The maximum atomic E-state index is 11.5. The Bertz CT molecular complexity index is 186. The van der Waals surface area contributed by atoms with Crippen LogP contribution in [-0.2, 0) is 14.3 Å². The Morgan fingerprint density at radius 2 is 1.88 bits per heavy atom. The molecule has 0 unspecified atom stereocenters. The van der Waals surface area contributed by atoms with Crippen molar-refractivity contribution in [3.63, 3.8) is 0 Å². The molecule has 16 heavy (non-hydrogen) atoms. The molecule has 1 rings (SSSR count). The molecule has 1 aliphatic carbocycles. The van der Waals surface area contributed by atoms with Crippen LogP contribution < -0.4 is 0 Å². The molecule has 1 fully saturated rings. The quantitative estimate of drug-likeness (QED) is 0.496. The Labute approximate surface area is 98.5 Å². The smallest absolute Gasteiger partial charge is 0.306 e. The summed E-state index contributed by atoms with van der Waals surface area (Å²) in [4.78, 5) is 11.5. The van der Waals surface area contributed by atoms with Gasteiger partial charge >= 0.3 is 5.97 Å². The van der Waals surface area contributed by atoms with E-state index in [0.717, 1.165) is 38.7 Å². The van der Waals surface area contributed by atoms with Gasteiger partial charge in [0, 0.05) is 20.1 Å². The van der Waals surface area contributed by atoms with Crippen molar-refractivity contribution in [2.24, 2.45) is 0 Å². The number of rotatable bonds is 7. The Balaban J connectivity index is 1.97. The molecule has 0 amide bonds. The van der Waals surface area contributed by atoms with Gasteiger partial charge in [0.05, 0.1) is 0 Å². The van der Waals surface area contributed by atoms with E-state index in [1.54, 1.807) is 7.11 Å². The first-order valence-corrected chi connectivity index (χ1v) is 6.51. The maximum Gasteiger partial charge on any atom is 0.306 e. The molecule has 0 saturated heterocycles. The molecule has 1 saturated carbocycles. The lowest BCUT2D eigenvalue weighted by Crippen LogP contribution is -2.20. The van der Waals surface area contributed by atoms with Crippen LogP contribution in [0.3, 0.4) is 0 Å². The minimum Gasteiger partial charge on any atom is -0.462 e. The fourth-order valence-corrected chi connectivity index (χ4v) is 2.12. The highest BCUT2D eigenvalue weighted by Crippen LogP contribution is 2.20. The largest absolute Gasteiger partial charge is 0.462 e. The first-order chi connectivity index (χ1) is 7.83. The van der Waals surface area contributed by atoms with E-state index in [2.05, 4.69) is 0 Å². The van der Waals surface area contributed by atoms with Crippen molar-refractivity contribution in [3.05, 3.63) is 0 Å². The summed E-state index contributed by atoms with van der Waals surface area (Å²) < 4.78 is 10.4. The molecule has 0 aromatic rings. The molecule has 0 bridgehead atoms. The van der Waals surface area contributed by atoms with Crippen LogP contribution in [0.2, 0.25) is 0 Å². The second kappa shape index (κ2) is 8.57. The summed E-state index contributed by atoms with van der Waals surface area (Å²) >= 11 is 0. The van der Waals surface area contributed by atoms with Gasteiger partial charge in [0.2, 0.25) is 0 Å². The number of unbranched alkanes of at least 4 members (excludes halogenated alkanes) is 2. The van der Waals surface area contributed by atoms with Crippen LogP contribution in [-0.4, -0.2) is 25.8 Å². The van der Waals surface area contributed by atoms with Crippen molar-refractivity contribution >= 4 is 5.97 Å².